The van der Waals surface area contributed by atoms with Crippen molar-refractivity contribution in [3.63, 3.8) is 0 Å². The van der Waals surface area contributed by atoms with E-state index in [-0.39, 0.29) is 27.7 Å². The maximum atomic E-state index is 12.0. The first-order valence-corrected chi connectivity index (χ1v) is 6.82. The van der Waals surface area contributed by atoms with Crippen LogP contribution in [0.2, 0.25) is 4.47 Å². The van der Waals surface area contributed by atoms with Crippen molar-refractivity contribution in [2.75, 3.05) is 20.3 Å². The molecule has 0 bridgehead atoms. The summed E-state index contributed by atoms with van der Waals surface area (Å²) in [6.07, 6.45) is 0. The van der Waals surface area contributed by atoms with Gasteiger partial charge in [0, 0.05) is 13.2 Å². The number of hydrogen-bond acceptors (Lipinski definition) is 6. The molecule has 1 aromatic heterocycles. The van der Waals surface area contributed by atoms with Crippen LogP contribution in [0.1, 0.15) is 34.0 Å². The Balaban J connectivity index is 2.87. The Morgan fingerprint density at radius 1 is 1.53 bits per heavy atom. The largest absolute Gasteiger partial charge is 0.462 e. The predicted molar refractivity (Wildman–Crippen MR) is 71.9 cm³/mol. The highest BCUT2D eigenvalue weighted by atomic mass is 35.5. The molecule has 0 saturated heterocycles. The molecule has 1 rings (SSSR count). The van der Waals surface area contributed by atoms with Gasteiger partial charge in [0.2, 0.25) is 0 Å². The minimum Gasteiger partial charge on any atom is -0.462 e. The van der Waals surface area contributed by atoms with Crippen LogP contribution in [0.25, 0.3) is 0 Å². The van der Waals surface area contributed by atoms with Crippen LogP contribution < -0.4 is 5.32 Å². The van der Waals surface area contributed by atoms with E-state index >= 15 is 0 Å². The fraction of sp³-hybridized carbons (Fsp3) is 0.545. The van der Waals surface area contributed by atoms with Gasteiger partial charge in [0.25, 0.3) is 5.91 Å². The van der Waals surface area contributed by atoms with Crippen molar-refractivity contribution in [1.82, 2.24) is 10.3 Å². The number of hydrogen-bond donors (Lipinski definition) is 1. The second kappa shape index (κ2) is 7.42. The first-order chi connectivity index (χ1) is 8.99. The summed E-state index contributed by atoms with van der Waals surface area (Å²) in [5.74, 6) is -1.08. The number of halogens is 1. The molecule has 6 nitrogen and oxygen atoms in total. The quantitative estimate of drug-likeness (QED) is 0.810. The summed E-state index contributed by atoms with van der Waals surface area (Å²) in [5.41, 5.74) is -0.0172. The van der Waals surface area contributed by atoms with Crippen LogP contribution in [0, 0.1) is 0 Å². The van der Waals surface area contributed by atoms with Crippen LogP contribution >= 0.6 is 22.9 Å². The van der Waals surface area contributed by atoms with E-state index in [4.69, 9.17) is 21.1 Å². The Morgan fingerprint density at radius 2 is 2.21 bits per heavy atom. The van der Waals surface area contributed by atoms with Gasteiger partial charge >= 0.3 is 5.97 Å². The number of nitrogens with zero attached hydrogens (tertiary/aromatic N) is 1. The average molecular weight is 307 g/mol. The average Bonchev–Trinajstić information content (AvgIpc) is 2.72. The van der Waals surface area contributed by atoms with Crippen LogP contribution in [-0.4, -0.2) is 43.2 Å². The van der Waals surface area contributed by atoms with Crippen LogP contribution in [0.4, 0.5) is 0 Å². The molecule has 1 heterocycles. The molecule has 0 aliphatic heterocycles. The van der Waals surface area contributed by atoms with Gasteiger partial charge < -0.3 is 14.8 Å². The van der Waals surface area contributed by atoms with Gasteiger partial charge in [-0.3, -0.25) is 4.79 Å². The van der Waals surface area contributed by atoms with Gasteiger partial charge in [-0.2, -0.15) is 0 Å². The first-order valence-electron chi connectivity index (χ1n) is 5.62. The number of rotatable bonds is 6. The Hall–Kier alpha value is -1.18. The van der Waals surface area contributed by atoms with E-state index < -0.39 is 11.9 Å². The minimum absolute atomic E-state index is 0.0172. The van der Waals surface area contributed by atoms with E-state index in [9.17, 15) is 9.59 Å². The van der Waals surface area contributed by atoms with Crippen molar-refractivity contribution in [1.29, 1.82) is 0 Å². The van der Waals surface area contributed by atoms with Gasteiger partial charge in [-0.1, -0.05) is 22.9 Å². The zero-order valence-electron chi connectivity index (χ0n) is 10.9. The summed E-state index contributed by atoms with van der Waals surface area (Å²) in [6, 6.07) is -0.201. The number of carbonyl (C=O) groups excluding carboxylic acids is 2. The predicted octanol–water partition coefficient (Wildman–Crippen LogP) is 1.74. The molecule has 0 fully saturated rings. The molecular weight excluding hydrogens is 292 g/mol. The number of thiazole rings is 1. The number of esters is 1. The molecule has 1 N–H and O–H groups in total. The van der Waals surface area contributed by atoms with E-state index in [1.807, 2.05) is 0 Å². The van der Waals surface area contributed by atoms with Crippen LogP contribution in [0.15, 0.2) is 0 Å². The van der Waals surface area contributed by atoms with E-state index in [0.29, 0.717) is 6.61 Å². The molecule has 106 valence electrons. The van der Waals surface area contributed by atoms with Crippen molar-refractivity contribution in [2.24, 2.45) is 0 Å². The van der Waals surface area contributed by atoms with E-state index in [1.54, 1.807) is 13.8 Å². The smallest absolute Gasteiger partial charge is 0.350 e. The van der Waals surface area contributed by atoms with Crippen molar-refractivity contribution >= 4 is 34.8 Å². The normalized spacial score (nSPS) is 12.0. The highest BCUT2D eigenvalue weighted by molar-refractivity contribution is 7.17. The summed E-state index contributed by atoms with van der Waals surface area (Å²) < 4.78 is 9.88. The second-order valence-electron chi connectivity index (χ2n) is 3.69. The molecular formula is C11H15ClN2O4S. The van der Waals surface area contributed by atoms with E-state index in [2.05, 4.69) is 10.3 Å². The van der Waals surface area contributed by atoms with Crippen molar-refractivity contribution in [3.8, 4) is 0 Å². The molecule has 8 heteroatoms. The Morgan fingerprint density at radius 3 is 2.79 bits per heavy atom. The lowest BCUT2D eigenvalue weighted by atomic mass is 10.3. The zero-order valence-corrected chi connectivity index (χ0v) is 12.4. The Bertz CT molecular complexity index is 464. The van der Waals surface area contributed by atoms with Crippen molar-refractivity contribution in [2.45, 2.75) is 19.9 Å². The lowest BCUT2D eigenvalue weighted by molar-refractivity contribution is 0.0527. The molecule has 0 aliphatic carbocycles. The molecule has 0 aliphatic rings. The summed E-state index contributed by atoms with van der Waals surface area (Å²) in [7, 11) is 1.53. The molecule has 0 saturated carbocycles. The lowest BCUT2D eigenvalue weighted by Gasteiger charge is -2.11. The van der Waals surface area contributed by atoms with Gasteiger partial charge in [-0.05, 0) is 13.8 Å². The molecule has 19 heavy (non-hydrogen) atoms. The molecule has 1 amide bonds. The number of methoxy groups -OCH3 is 1. The van der Waals surface area contributed by atoms with E-state index in [0.717, 1.165) is 11.3 Å². The summed E-state index contributed by atoms with van der Waals surface area (Å²) >= 11 is 6.67. The molecule has 0 radical (unpaired) electrons. The molecule has 1 atom stereocenters. The number of carbonyl (C=O) groups is 2. The summed E-state index contributed by atoms with van der Waals surface area (Å²) in [6.45, 7) is 4.04. The van der Waals surface area contributed by atoms with Crippen molar-refractivity contribution < 1.29 is 19.1 Å². The number of amides is 1. The molecule has 0 spiro atoms. The number of nitrogens with one attached hydrogen (secondary N) is 1. The SMILES string of the molecule is CCOC(=O)c1sc(Cl)nc1C(=O)N[C@@H](C)COC. The van der Waals surface area contributed by atoms with Crippen molar-refractivity contribution in [3.05, 3.63) is 15.0 Å². The van der Waals surface area contributed by atoms with E-state index in [1.165, 1.54) is 7.11 Å². The Labute approximate surface area is 120 Å². The molecule has 0 unspecified atom stereocenters. The number of ether oxygens (including phenoxy) is 2. The van der Waals surface area contributed by atoms with Crippen LogP contribution in [0.3, 0.4) is 0 Å². The van der Waals surface area contributed by atoms with Gasteiger partial charge in [0.05, 0.1) is 13.2 Å². The minimum atomic E-state index is -0.601. The fourth-order valence-corrected chi connectivity index (χ4v) is 2.37. The first kappa shape index (κ1) is 15.9. The maximum absolute atomic E-state index is 12.0. The van der Waals surface area contributed by atoms with Crippen LogP contribution in [0.5, 0.6) is 0 Å². The second-order valence-corrected chi connectivity index (χ2v) is 5.28. The lowest BCUT2D eigenvalue weighted by Crippen LogP contribution is -2.36. The highest BCUT2D eigenvalue weighted by Crippen LogP contribution is 2.23. The molecule has 1 aromatic rings. The zero-order chi connectivity index (χ0) is 14.4. The summed E-state index contributed by atoms with van der Waals surface area (Å²) in [5, 5.41) is 2.66. The van der Waals surface area contributed by atoms with Gasteiger partial charge in [-0.15, -0.1) is 0 Å². The monoisotopic (exact) mass is 306 g/mol. The van der Waals surface area contributed by atoms with Gasteiger partial charge in [-0.25, -0.2) is 9.78 Å². The maximum Gasteiger partial charge on any atom is 0.350 e. The van der Waals surface area contributed by atoms with Gasteiger partial charge in [0.15, 0.2) is 10.2 Å². The third kappa shape index (κ3) is 4.45. The third-order valence-electron chi connectivity index (χ3n) is 2.07. The standard InChI is InChI=1S/C11H15ClN2O4S/c1-4-18-10(16)8-7(14-11(12)19-8)9(15)13-6(2)5-17-3/h6H,4-5H2,1-3H3,(H,13,15)/t6-/m0/s1. The molecule has 0 aromatic carbocycles. The summed E-state index contributed by atoms with van der Waals surface area (Å²) in [4.78, 5) is 27.6. The Kier molecular flexibility index (Phi) is 6.20. The number of aromatic nitrogens is 1. The third-order valence-corrected chi connectivity index (χ3v) is 3.21. The van der Waals surface area contributed by atoms with Crippen LogP contribution in [-0.2, 0) is 9.47 Å². The topological polar surface area (TPSA) is 77.5 Å². The highest BCUT2D eigenvalue weighted by Gasteiger charge is 2.24. The van der Waals surface area contributed by atoms with Gasteiger partial charge in [0.1, 0.15) is 4.88 Å². The fourth-order valence-electron chi connectivity index (χ4n) is 1.37.